The molecule has 0 bridgehead atoms. The number of thiophene rings is 1. The van der Waals surface area contributed by atoms with Crippen LogP contribution in [0.4, 0.5) is 0 Å². The van der Waals surface area contributed by atoms with Crippen molar-refractivity contribution < 1.29 is 9.15 Å². The van der Waals surface area contributed by atoms with Gasteiger partial charge in [0.1, 0.15) is 12.4 Å². The summed E-state index contributed by atoms with van der Waals surface area (Å²) in [5.41, 5.74) is 0. The fourth-order valence-electron chi connectivity index (χ4n) is 1.04. The van der Waals surface area contributed by atoms with Gasteiger partial charge in [-0.1, -0.05) is 6.07 Å². The molecule has 0 aliphatic rings. The Morgan fingerprint density at radius 3 is 2.92 bits per heavy atom. The maximum atomic E-state index is 5.44. The third kappa shape index (κ3) is 2.44. The third-order valence-electron chi connectivity index (χ3n) is 1.65. The Balaban J connectivity index is 1.76. The van der Waals surface area contributed by atoms with E-state index in [4.69, 9.17) is 9.15 Å². The fraction of sp³-hybridized carbons (Fsp3) is 0.200. The van der Waals surface area contributed by atoms with Gasteiger partial charge in [0, 0.05) is 4.88 Å². The largest absolute Gasteiger partial charge is 0.467 e. The minimum Gasteiger partial charge on any atom is -0.467 e. The minimum atomic E-state index is 0.547. The lowest BCUT2D eigenvalue weighted by Gasteiger charge is -1.98. The van der Waals surface area contributed by atoms with Gasteiger partial charge in [0.15, 0.2) is 0 Å². The van der Waals surface area contributed by atoms with Crippen LogP contribution >= 0.6 is 11.3 Å². The molecule has 0 aliphatic carbocycles. The molecule has 0 fully saturated rings. The SMILES string of the molecule is c1coc(COCc2cccs2)c1. The third-order valence-corrected chi connectivity index (χ3v) is 2.50. The standard InChI is InChI=1S/C10H10O2S/c1-3-9(12-5-1)7-11-8-10-4-2-6-13-10/h1-6H,7-8H2. The van der Waals surface area contributed by atoms with Crippen LogP contribution < -0.4 is 0 Å². The summed E-state index contributed by atoms with van der Waals surface area (Å²) in [6.45, 7) is 1.21. The Bertz CT molecular complexity index is 289. The van der Waals surface area contributed by atoms with Crippen LogP contribution in [-0.2, 0) is 18.0 Å². The van der Waals surface area contributed by atoms with Gasteiger partial charge in [0.2, 0.25) is 0 Å². The van der Waals surface area contributed by atoms with Gasteiger partial charge in [-0.05, 0) is 23.6 Å². The van der Waals surface area contributed by atoms with Crippen molar-refractivity contribution in [3.8, 4) is 0 Å². The molecule has 13 heavy (non-hydrogen) atoms. The van der Waals surface area contributed by atoms with Crippen molar-refractivity contribution >= 4 is 11.3 Å². The van der Waals surface area contributed by atoms with Crippen molar-refractivity contribution in [3.63, 3.8) is 0 Å². The van der Waals surface area contributed by atoms with Crippen LogP contribution in [0.1, 0.15) is 10.6 Å². The van der Waals surface area contributed by atoms with E-state index < -0.39 is 0 Å². The Labute approximate surface area is 80.8 Å². The van der Waals surface area contributed by atoms with Crippen LogP contribution in [0.15, 0.2) is 40.3 Å². The Morgan fingerprint density at radius 2 is 2.23 bits per heavy atom. The molecular formula is C10H10O2S. The van der Waals surface area contributed by atoms with E-state index in [0.717, 1.165) is 5.76 Å². The van der Waals surface area contributed by atoms with E-state index in [9.17, 15) is 0 Å². The molecule has 0 saturated heterocycles. The van der Waals surface area contributed by atoms with Crippen LogP contribution in [0, 0.1) is 0 Å². The molecule has 0 aromatic carbocycles. The van der Waals surface area contributed by atoms with Gasteiger partial charge in [-0.25, -0.2) is 0 Å². The average Bonchev–Trinajstić information content (AvgIpc) is 2.75. The maximum Gasteiger partial charge on any atom is 0.129 e. The van der Waals surface area contributed by atoms with E-state index in [0.29, 0.717) is 13.2 Å². The summed E-state index contributed by atoms with van der Waals surface area (Å²) in [4.78, 5) is 1.24. The summed E-state index contributed by atoms with van der Waals surface area (Å²) in [5.74, 6) is 0.872. The van der Waals surface area contributed by atoms with Gasteiger partial charge in [-0.2, -0.15) is 0 Å². The number of furan rings is 1. The normalized spacial score (nSPS) is 10.5. The molecule has 68 valence electrons. The smallest absolute Gasteiger partial charge is 0.129 e. The molecule has 2 aromatic heterocycles. The molecule has 2 heterocycles. The summed E-state index contributed by atoms with van der Waals surface area (Å²) in [6.07, 6.45) is 1.66. The highest BCUT2D eigenvalue weighted by Crippen LogP contribution is 2.11. The van der Waals surface area contributed by atoms with E-state index in [1.54, 1.807) is 17.6 Å². The second kappa shape index (κ2) is 4.25. The van der Waals surface area contributed by atoms with Gasteiger partial charge in [0.05, 0.1) is 12.9 Å². The monoisotopic (exact) mass is 194 g/mol. The van der Waals surface area contributed by atoms with Crippen LogP contribution in [0.2, 0.25) is 0 Å². The lowest BCUT2D eigenvalue weighted by molar-refractivity contribution is 0.0948. The summed E-state index contributed by atoms with van der Waals surface area (Å²) in [5, 5.41) is 2.05. The van der Waals surface area contributed by atoms with E-state index in [1.165, 1.54) is 4.88 Å². The zero-order valence-corrected chi connectivity index (χ0v) is 7.92. The summed E-state index contributed by atoms with van der Waals surface area (Å²) in [7, 11) is 0. The molecule has 0 unspecified atom stereocenters. The minimum absolute atomic E-state index is 0.547. The molecule has 0 amide bonds. The van der Waals surface area contributed by atoms with Crippen molar-refractivity contribution in [3.05, 3.63) is 46.5 Å². The first-order valence-corrected chi connectivity index (χ1v) is 4.95. The summed E-state index contributed by atoms with van der Waals surface area (Å²) >= 11 is 1.70. The first-order valence-electron chi connectivity index (χ1n) is 4.07. The molecule has 0 radical (unpaired) electrons. The number of hydrogen-bond donors (Lipinski definition) is 0. The second-order valence-electron chi connectivity index (χ2n) is 2.65. The highest BCUT2D eigenvalue weighted by Gasteiger charge is 1.96. The Kier molecular flexibility index (Phi) is 2.79. The van der Waals surface area contributed by atoms with Gasteiger partial charge in [-0.15, -0.1) is 11.3 Å². The average molecular weight is 194 g/mol. The second-order valence-corrected chi connectivity index (χ2v) is 3.68. The number of ether oxygens (including phenoxy) is 1. The Hall–Kier alpha value is -1.06. The van der Waals surface area contributed by atoms with E-state index >= 15 is 0 Å². The number of rotatable bonds is 4. The topological polar surface area (TPSA) is 22.4 Å². The summed E-state index contributed by atoms with van der Waals surface area (Å²) < 4.78 is 10.6. The van der Waals surface area contributed by atoms with Gasteiger partial charge in [-0.3, -0.25) is 0 Å². The summed E-state index contributed by atoms with van der Waals surface area (Å²) in [6, 6.07) is 7.86. The quantitative estimate of drug-likeness (QED) is 0.746. The van der Waals surface area contributed by atoms with E-state index in [-0.39, 0.29) is 0 Å². The molecule has 0 spiro atoms. The van der Waals surface area contributed by atoms with Crippen molar-refractivity contribution in [2.45, 2.75) is 13.2 Å². The predicted octanol–water partition coefficient (Wildman–Crippen LogP) is 3.06. The zero-order valence-electron chi connectivity index (χ0n) is 7.10. The molecule has 2 nitrogen and oxygen atoms in total. The van der Waals surface area contributed by atoms with Gasteiger partial charge < -0.3 is 9.15 Å². The lowest BCUT2D eigenvalue weighted by Crippen LogP contribution is -1.89. The molecule has 2 rings (SSSR count). The first-order chi connectivity index (χ1) is 6.45. The van der Waals surface area contributed by atoms with Crippen LogP contribution in [-0.4, -0.2) is 0 Å². The molecular weight excluding hydrogens is 184 g/mol. The molecule has 0 atom stereocenters. The van der Waals surface area contributed by atoms with Gasteiger partial charge >= 0.3 is 0 Å². The highest BCUT2D eigenvalue weighted by molar-refractivity contribution is 7.09. The van der Waals surface area contributed by atoms with Crippen molar-refractivity contribution in [2.75, 3.05) is 0 Å². The van der Waals surface area contributed by atoms with Crippen molar-refractivity contribution in [1.29, 1.82) is 0 Å². The van der Waals surface area contributed by atoms with Gasteiger partial charge in [0.25, 0.3) is 0 Å². The van der Waals surface area contributed by atoms with Crippen molar-refractivity contribution in [1.82, 2.24) is 0 Å². The van der Waals surface area contributed by atoms with E-state index in [2.05, 4.69) is 6.07 Å². The molecule has 0 aliphatic heterocycles. The maximum absolute atomic E-state index is 5.44. The molecule has 0 saturated carbocycles. The molecule has 3 heteroatoms. The predicted molar refractivity (Wildman–Crippen MR) is 51.5 cm³/mol. The highest BCUT2D eigenvalue weighted by atomic mass is 32.1. The Morgan fingerprint density at radius 1 is 1.23 bits per heavy atom. The molecule has 2 aromatic rings. The van der Waals surface area contributed by atoms with Crippen molar-refractivity contribution in [2.24, 2.45) is 0 Å². The zero-order chi connectivity index (χ0) is 8.93. The van der Waals surface area contributed by atoms with E-state index in [1.807, 2.05) is 23.6 Å². The van der Waals surface area contributed by atoms with Crippen LogP contribution in [0.5, 0.6) is 0 Å². The number of hydrogen-bond acceptors (Lipinski definition) is 3. The molecule has 0 N–H and O–H groups in total. The lowest BCUT2D eigenvalue weighted by atomic mass is 10.5. The fourth-order valence-corrected chi connectivity index (χ4v) is 1.68. The van der Waals surface area contributed by atoms with Crippen LogP contribution in [0.25, 0.3) is 0 Å². The first kappa shape index (κ1) is 8.53. The van der Waals surface area contributed by atoms with Crippen LogP contribution in [0.3, 0.4) is 0 Å².